The predicted molar refractivity (Wildman–Crippen MR) is 96.5 cm³/mol. The van der Waals surface area contributed by atoms with Crippen molar-refractivity contribution in [1.82, 2.24) is 19.5 Å². The summed E-state index contributed by atoms with van der Waals surface area (Å²) in [5.74, 6) is 1.47. The van der Waals surface area contributed by atoms with Crippen LogP contribution in [0.15, 0.2) is 36.7 Å². The molecule has 24 heavy (non-hydrogen) atoms. The Hall–Kier alpha value is -2.05. The molecule has 0 aliphatic carbocycles. The molecule has 0 aliphatic heterocycles. The minimum atomic E-state index is 0. The number of aromatic nitrogens is 4. The SMILES string of the molecule is CC.CN(C)c1nc(N(C)c2ccccc2)c2ncn(C)c2n1.[V]. The molecule has 0 saturated carbocycles. The molecule has 1 aromatic carbocycles. The fourth-order valence-corrected chi connectivity index (χ4v) is 2.19. The molecule has 3 rings (SSSR count). The van der Waals surface area contributed by atoms with Gasteiger partial charge in [0.25, 0.3) is 0 Å². The van der Waals surface area contributed by atoms with Crippen molar-refractivity contribution in [3.8, 4) is 0 Å². The second-order valence-corrected chi connectivity index (χ2v) is 5.16. The number of benzene rings is 1. The summed E-state index contributed by atoms with van der Waals surface area (Å²) in [5.41, 5.74) is 2.69. The van der Waals surface area contributed by atoms with E-state index in [1.54, 1.807) is 6.33 Å². The molecule has 0 amide bonds. The normalized spacial score (nSPS) is 9.75. The van der Waals surface area contributed by atoms with E-state index in [1.165, 1.54) is 0 Å². The number of para-hydroxylation sites is 1. The minimum Gasteiger partial charge on any atom is -0.347 e. The minimum absolute atomic E-state index is 0. The molecule has 127 valence electrons. The van der Waals surface area contributed by atoms with Gasteiger partial charge in [0.1, 0.15) is 0 Å². The Bertz CT molecular complexity index is 769. The van der Waals surface area contributed by atoms with E-state index in [9.17, 15) is 0 Å². The molecular weight excluding hydrogens is 339 g/mol. The Morgan fingerprint density at radius 3 is 2.17 bits per heavy atom. The maximum atomic E-state index is 4.65. The second-order valence-electron chi connectivity index (χ2n) is 5.16. The molecule has 0 spiro atoms. The molecule has 0 aliphatic rings. The summed E-state index contributed by atoms with van der Waals surface area (Å²) in [7, 11) is 7.80. The van der Waals surface area contributed by atoms with Crippen LogP contribution >= 0.6 is 0 Å². The van der Waals surface area contributed by atoms with Crippen molar-refractivity contribution in [2.45, 2.75) is 13.8 Å². The van der Waals surface area contributed by atoms with E-state index in [-0.39, 0.29) is 18.6 Å². The third kappa shape index (κ3) is 3.89. The van der Waals surface area contributed by atoms with E-state index in [0.717, 1.165) is 22.7 Å². The first-order valence-electron chi connectivity index (χ1n) is 7.73. The van der Waals surface area contributed by atoms with Gasteiger partial charge in [0.05, 0.1) is 6.33 Å². The van der Waals surface area contributed by atoms with Crippen LogP contribution in [0, 0.1) is 0 Å². The molecule has 0 fully saturated rings. The molecule has 2 heterocycles. The Morgan fingerprint density at radius 2 is 1.58 bits per heavy atom. The number of anilines is 3. The van der Waals surface area contributed by atoms with Crippen LogP contribution in [0.2, 0.25) is 0 Å². The number of nitrogens with zero attached hydrogens (tertiary/aromatic N) is 6. The Balaban J connectivity index is 0.000000925. The summed E-state index contributed by atoms with van der Waals surface area (Å²) >= 11 is 0. The van der Waals surface area contributed by atoms with Gasteiger partial charge in [0.15, 0.2) is 17.0 Å². The van der Waals surface area contributed by atoms with Crippen LogP contribution in [0.25, 0.3) is 11.2 Å². The molecule has 0 bridgehead atoms. The van der Waals surface area contributed by atoms with Crippen LogP contribution in [0.4, 0.5) is 17.5 Å². The Morgan fingerprint density at radius 1 is 0.958 bits per heavy atom. The molecule has 0 atom stereocenters. The van der Waals surface area contributed by atoms with E-state index < -0.39 is 0 Å². The van der Waals surface area contributed by atoms with Crippen molar-refractivity contribution >= 4 is 28.6 Å². The van der Waals surface area contributed by atoms with E-state index in [4.69, 9.17) is 0 Å². The number of fused-ring (bicyclic) bond motifs is 1. The van der Waals surface area contributed by atoms with Crippen LogP contribution in [-0.2, 0) is 25.6 Å². The zero-order valence-corrected chi connectivity index (χ0v) is 16.5. The van der Waals surface area contributed by atoms with Crippen molar-refractivity contribution in [3.63, 3.8) is 0 Å². The quantitative estimate of drug-likeness (QED) is 0.715. The summed E-state index contributed by atoms with van der Waals surface area (Å²) in [5, 5.41) is 0. The predicted octanol–water partition coefficient (Wildman–Crippen LogP) is 3.22. The van der Waals surface area contributed by atoms with Gasteiger partial charge in [-0.1, -0.05) is 32.0 Å². The first kappa shape index (κ1) is 20.0. The largest absolute Gasteiger partial charge is 0.347 e. The third-order valence-electron chi connectivity index (χ3n) is 3.39. The first-order valence-corrected chi connectivity index (χ1v) is 7.73. The number of imidazole rings is 1. The Labute approximate surface area is 155 Å². The molecule has 3 aromatic rings. The van der Waals surface area contributed by atoms with Gasteiger partial charge in [0, 0.05) is 52.4 Å². The van der Waals surface area contributed by atoms with Crippen molar-refractivity contribution in [3.05, 3.63) is 36.7 Å². The van der Waals surface area contributed by atoms with Gasteiger partial charge in [-0.05, 0) is 12.1 Å². The van der Waals surface area contributed by atoms with Crippen molar-refractivity contribution in [2.75, 3.05) is 30.9 Å². The monoisotopic (exact) mass is 363 g/mol. The van der Waals surface area contributed by atoms with Crippen molar-refractivity contribution < 1.29 is 18.6 Å². The van der Waals surface area contributed by atoms with E-state index in [0.29, 0.717) is 5.95 Å². The zero-order valence-electron chi connectivity index (χ0n) is 15.1. The molecule has 6 nitrogen and oxygen atoms in total. The average Bonchev–Trinajstić information content (AvgIpc) is 2.97. The molecular formula is C17H24N6V. The molecule has 7 heteroatoms. The van der Waals surface area contributed by atoms with Crippen LogP contribution < -0.4 is 9.80 Å². The van der Waals surface area contributed by atoms with E-state index >= 15 is 0 Å². The smallest absolute Gasteiger partial charge is 0.228 e. The van der Waals surface area contributed by atoms with Gasteiger partial charge in [0.2, 0.25) is 5.95 Å². The van der Waals surface area contributed by atoms with E-state index in [1.807, 2.05) is 86.7 Å². The van der Waals surface area contributed by atoms with Gasteiger partial charge in [-0.3, -0.25) is 0 Å². The summed E-state index contributed by atoms with van der Waals surface area (Å²) in [6.07, 6.45) is 1.76. The Kier molecular flexibility index (Phi) is 7.26. The first-order chi connectivity index (χ1) is 11.1. The van der Waals surface area contributed by atoms with Crippen LogP contribution in [0.3, 0.4) is 0 Å². The summed E-state index contributed by atoms with van der Waals surface area (Å²) in [6, 6.07) is 10.1. The standard InChI is InChI=1S/C15H18N6.C2H6.V/c1-19(2)15-17-13-12(16-10-20(13)3)14(18-15)21(4)11-8-6-5-7-9-11;1-2;/h5-10H,1-4H3;1-2H3;. The summed E-state index contributed by atoms with van der Waals surface area (Å²) in [4.78, 5) is 17.6. The number of aryl methyl sites for hydroxylation is 1. The van der Waals surface area contributed by atoms with Gasteiger partial charge < -0.3 is 14.4 Å². The van der Waals surface area contributed by atoms with Crippen molar-refractivity contribution in [2.24, 2.45) is 7.05 Å². The maximum absolute atomic E-state index is 4.65. The molecule has 0 unspecified atom stereocenters. The van der Waals surface area contributed by atoms with E-state index in [2.05, 4.69) is 15.0 Å². The molecule has 0 N–H and O–H groups in total. The molecule has 1 radical (unpaired) electrons. The van der Waals surface area contributed by atoms with Crippen molar-refractivity contribution in [1.29, 1.82) is 0 Å². The maximum Gasteiger partial charge on any atom is 0.228 e. The molecule has 2 aromatic heterocycles. The number of hydrogen-bond donors (Lipinski definition) is 0. The van der Waals surface area contributed by atoms with Crippen LogP contribution in [-0.4, -0.2) is 40.7 Å². The molecule has 0 saturated heterocycles. The number of rotatable bonds is 3. The fourth-order valence-electron chi connectivity index (χ4n) is 2.19. The number of hydrogen-bond acceptors (Lipinski definition) is 5. The van der Waals surface area contributed by atoms with Crippen LogP contribution in [0.5, 0.6) is 0 Å². The van der Waals surface area contributed by atoms with Gasteiger partial charge in [-0.15, -0.1) is 0 Å². The van der Waals surface area contributed by atoms with Gasteiger partial charge in [-0.2, -0.15) is 9.97 Å². The van der Waals surface area contributed by atoms with Gasteiger partial charge >= 0.3 is 0 Å². The third-order valence-corrected chi connectivity index (χ3v) is 3.39. The summed E-state index contributed by atoms with van der Waals surface area (Å²) < 4.78 is 1.91. The van der Waals surface area contributed by atoms with Gasteiger partial charge in [-0.25, -0.2) is 4.98 Å². The second kappa shape index (κ2) is 8.71. The fraction of sp³-hybridized carbons (Fsp3) is 0.353. The average molecular weight is 363 g/mol. The van der Waals surface area contributed by atoms with Crippen LogP contribution in [0.1, 0.15) is 13.8 Å². The topological polar surface area (TPSA) is 50.1 Å². The zero-order chi connectivity index (χ0) is 17.0. The summed E-state index contributed by atoms with van der Waals surface area (Å²) in [6.45, 7) is 4.00.